The van der Waals surface area contributed by atoms with E-state index in [1.807, 2.05) is 6.92 Å². The average Bonchev–Trinajstić information content (AvgIpc) is 2.55. The molecular formula is C16H24FN3O3S. The minimum Gasteiger partial charge on any atom is -0.342 e. The van der Waals surface area contributed by atoms with Crippen LogP contribution in [0.2, 0.25) is 0 Å². The van der Waals surface area contributed by atoms with Crippen LogP contribution in [-0.4, -0.2) is 44.9 Å². The quantitative estimate of drug-likeness (QED) is 0.797. The number of benzene rings is 1. The van der Waals surface area contributed by atoms with Crippen molar-refractivity contribution < 1.29 is 17.6 Å². The predicted molar refractivity (Wildman–Crippen MR) is 89.2 cm³/mol. The number of carbonyl (C=O) groups is 1. The topological polar surface area (TPSA) is 92.5 Å². The smallest absolute Gasteiger partial charge is 0.240 e. The molecule has 1 fully saturated rings. The standard InChI is InChI=1S/C16H24FN3O3S/c1-12(18)13-3-2-10-20(11-13)16(21)8-9-19-24(22,23)15-6-4-14(17)5-7-15/h4-7,12-13,19H,2-3,8-11,18H2,1H3. The number of hydrogen-bond acceptors (Lipinski definition) is 4. The number of nitrogens with one attached hydrogen (secondary N) is 1. The molecule has 1 heterocycles. The minimum atomic E-state index is -3.74. The molecule has 3 N–H and O–H groups in total. The van der Waals surface area contributed by atoms with Crippen LogP contribution in [0.4, 0.5) is 4.39 Å². The maximum absolute atomic E-state index is 12.9. The summed E-state index contributed by atoms with van der Waals surface area (Å²) in [5.74, 6) is -0.293. The number of rotatable bonds is 6. The van der Waals surface area contributed by atoms with Gasteiger partial charge in [0.25, 0.3) is 0 Å². The molecule has 0 aliphatic carbocycles. The molecule has 134 valence electrons. The number of piperidine rings is 1. The molecule has 0 radical (unpaired) electrons. The molecule has 1 aromatic rings. The van der Waals surface area contributed by atoms with Crippen LogP contribution in [0.5, 0.6) is 0 Å². The van der Waals surface area contributed by atoms with Crippen molar-refractivity contribution in [3.05, 3.63) is 30.1 Å². The Kier molecular flexibility index (Phi) is 6.31. The lowest BCUT2D eigenvalue weighted by Crippen LogP contribution is -2.45. The van der Waals surface area contributed by atoms with Crippen LogP contribution in [0.25, 0.3) is 0 Å². The number of nitrogens with two attached hydrogens (primary N) is 1. The predicted octanol–water partition coefficient (Wildman–Crippen LogP) is 1.08. The molecule has 6 nitrogen and oxygen atoms in total. The fourth-order valence-electron chi connectivity index (χ4n) is 2.81. The van der Waals surface area contributed by atoms with Gasteiger partial charge in [-0.25, -0.2) is 17.5 Å². The number of carbonyl (C=O) groups excluding carboxylic acids is 1. The van der Waals surface area contributed by atoms with Gasteiger partial charge in [-0.1, -0.05) is 0 Å². The van der Waals surface area contributed by atoms with Crippen molar-refractivity contribution in [2.75, 3.05) is 19.6 Å². The fraction of sp³-hybridized carbons (Fsp3) is 0.562. The van der Waals surface area contributed by atoms with Gasteiger partial charge < -0.3 is 10.6 Å². The molecule has 1 aliphatic heterocycles. The summed E-state index contributed by atoms with van der Waals surface area (Å²) in [5.41, 5.74) is 5.91. The van der Waals surface area contributed by atoms with E-state index in [0.29, 0.717) is 19.0 Å². The van der Waals surface area contributed by atoms with E-state index in [9.17, 15) is 17.6 Å². The van der Waals surface area contributed by atoms with Gasteiger partial charge in [0.1, 0.15) is 5.82 Å². The van der Waals surface area contributed by atoms with E-state index in [1.54, 1.807) is 4.90 Å². The van der Waals surface area contributed by atoms with Crippen molar-refractivity contribution in [1.29, 1.82) is 0 Å². The Labute approximate surface area is 142 Å². The fourth-order valence-corrected chi connectivity index (χ4v) is 3.85. The first-order valence-electron chi connectivity index (χ1n) is 8.08. The third-order valence-corrected chi connectivity index (χ3v) is 5.79. The van der Waals surface area contributed by atoms with E-state index in [1.165, 1.54) is 12.1 Å². The first kappa shape index (κ1) is 18.8. The molecule has 1 aliphatic rings. The summed E-state index contributed by atoms with van der Waals surface area (Å²) in [7, 11) is -3.74. The molecule has 2 unspecified atom stereocenters. The third kappa shape index (κ3) is 4.99. The summed E-state index contributed by atoms with van der Waals surface area (Å²) in [6.45, 7) is 3.27. The molecule has 2 rings (SSSR count). The molecule has 2 atom stereocenters. The second kappa shape index (κ2) is 8.04. The lowest BCUT2D eigenvalue weighted by atomic mass is 9.92. The Morgan fingerprint density at radius 2 is 2.08 bits per heavy atom. The molecular weight excluding hydrogens is 333 g/mol. The zero-order chi connectivity index (χ0) is 17.7. The van der Waals surface area contributed by atoms with Crippen molar-refractivity contribution >= 4 is 15.9 Å². The van der Waals surface area contributed by atoms with Crippen LogP contribution in [0, 0.1) is 11.7 Å². The highest BCUT2D eigenvalue weighted by atomic mass is 32.2. The van der Waals surface area contributed by atoms with Crippen LogP contribution in [0.3, 0.4) is 0 Å². The van der Waals surface area contributed by atoms with E-state index in [2.05, 4.69) is 4.72 Å². The molecule has 1 aromatic carbocycles. The number of hydrogen-bond donors (Lipinski definition) is 2. The summed E-state index contributed by atoms with van der Waals surface area (Å²) < 4.78 is 39.4. The lowest BCUT2D eigenvalue weighted by Gasteiger charge is -2.34. The summed E-state index contributed by atoms with van der Waals surface area (Å²) in [6.07, 6.45) is 2.02. The molecule has 0 bridgehead atoms. The van der Waals surface area contributed by atoms with Crippen molar-refractivity contribution in [1.82, 2.24) is 9.62 Å². The number of sulfonamides is 1. The first-order chi connectivity index (χ1) is 11.3. The van der Waals surface area contributed by atoms with Crippen LogP contribution in [-0.2, 0) is 14.8 Å². The van der Waals surface area contributed by atoms with Gasteiger partial charge in [-0.15, -0.1) is 0 Å². The van der Waals surface area contributed by atoms with Gasteiger partial charge in [0.05, 0.1) is 4.90 Å². The van der Waals surface area contributed by atoms with Gasteiger partial charge in [0, 0.05) is 32.1 Å². The zero-order valence-electron chi connectivity index (χ0n) is 13.7. The van der Waals surface area contributed by atoms with Gasteiger partial charge >= 0.3 is 0 Å². The van der Waals surface area contributed by atoms with Gasteiger partial charge in [0.15, 0.2) is 0 Å². The second-order valence-electron chi connectivity index (χ2n) is 6.20. The van der Waals surface area contributed by atoms with Crippen LogP contribution in [0.1, 0.15) is 26.2 Å². The maximum Gasteiger partial charge on any atom is 0.240 e. The molecule has 24 heavy (non-hydrogen) atoms. The summed E-state index contributed by atoms with van der Waals surface area (Å²) in [4.78, 5) is 14.0. The number of nitrogens with zero attached hydrogens (tertiary/aromatic N) is 1. The SMILES string of the molecule is CC(N)C1CCCN(C(=O)CCNS(=O)(=O)c2ccc(F)cc2)C1. The molecule has 1 saturated heterocycles. The summed E-state index contributed by atoms with van der Waals surface area (Å²) in [6, 6.07) is 4.59. The molecule has 8 heteroatoms. The van der Waals surface area contributed by atoms with Gasteiger partial charge in [-0.2, -0.15) is 0 Å². The van der Waals surface area contributed by atoms with E-state index in [4.69, 9.17) is 5.73 Å². The molecule has 1 amide bonds. The summed E-state index contributed by atoms with van der Waals surface area (Å²) >= 11 is 0. The average molecular weight is 357 g/mol. The highest BCUT2D eigenvalue weighted by molar-refractivity contribution is 7.89. The van der Waals surface area contributed by atoms with E-state index in [-0.39, 0.29) is 29.8 Å². The molecule has 0 saturated carbocycles. The minimum absolute atomic E-state index is 0.0118. The lowest BCUT2D eigenvalue weighted by molar-refractivity contribution is -0.132. The summed E-state index contributed by atoms with van der Waals surface area (Å²) in [5, 5.41) is 0. The largest absolute Gasteiger partial charge is 0.342 e. The van der Waals surface area contributed by atoms with Gasteiger partial charge in [-0.3, -0.25) is 4.79 Å². The van der Waals surface area contributed by atoms with Crippen LogP contribution in [0.15, 0.2) is 29.2 Å². The van der Waals surface area contributed by atoms with Crippen molar-refractivity contribution in [2.45, 2.75) is 37.1 Å². The molecule has 0 spiro atoms. The van der Waals surface area contributed by atoms with E-state index in [0.717, 1.165) is 25.0 Å². The van der Waals surface area contributed by atoms with Crippen LogP contribution < -0.4 is 10.5 Å². The number of halogens is 1. The third-order valence-electron chi connectivity index (χ3n) is 4.31. The van der Waals surface area contributed by atoms with Crippen LogP contribution >= 0.6 is 0 Å². The first-order valence-corrected chi connectivity index (χ1v) is 9.56. The Morgan fingerprint density at radius 3 is 2.71 bits per heavy atom. The highest BCUT2D eigenvalue weighted by Gasteiger charge is 2.25. The Hall–Kier alpha value is -1.51. The normalized spacial score (nSPS) is 20.0. The Balaban J connectivity index is 1.84. The second-order valence-corrected chi connectivity index (χ2v) is 7.97. The maximum atomic E-state index is 12.9. The Bertz CT molecular complexity index is 662. The number of likely N-dealkylation sites (tertiary alicyclic amines) is 1. The van der Waals surface area contributed by atoms with Crippen molar-refractivity contribution in [3.8, 4) is 0 Å². The van der Waals surface area contributed by atoms with Gasteiger partial charge in [0.2, 0.25) is 15.9 Å². The monoisotopic (exact) mass is 357 g/mol. The molecule has 0 aromatic heterocycles. The van der Waals surface area contributed by atoms with Crippen molar-refractivity contribution in [2.24, 2.45) is 11.7 Å². The number of amides is 1. The Morgan fingerprint density at radius 1 is 1.42 bits per heavy atom. The van der Waals surface area contributed by atoms with Crippen molar-refractivity contribution in [3.63, 3.8) is 0 Å². The highest BCUT2D eigenvalue weighted by Crippen LogP contribution is 2.19. The van der Waals surface area contributed by atoms with Gasteiger partial charge in [-0.05, 0) is 49.9 Å². The zero-order valence-corrected chi connectivity index (χ0v) is 14.6. The van der Waals surface area contributed by atoms with E-state index >= 15 is 0 Å². The van der Waals surface area contributed by atoms with E-state index < -0.39 is 15.8 Å².